The van der Waals surface area contributed by atoms with Crippen LogP contribution in [0.1, 0.15) is 28.3 Å². The Labute approximate surface area is 116 Å². The summed E-state index contributed by atoms with van der Waals surface area (Å²) in [5.74, 6) is 1.25. The predicted molar refractivity (Wildman–Crippen MR) is 73.5 cm³/mol. The first-order valence-electron chi connectivity index (χ1n) is 6.35. The normalized spacial score (nSPS) is 10.3. The zero-order valence-corrected chi connectivity index (χ0v) is 11.5. The molecule has 0 spiro atoms. The Morgan fingerprint density at radius 2 is 2.30 bits per heavy atom. The lowest BCUT2D eigenvalue weighted by atomic mass is 10.2. The maximum Gasteiger partial charge on any atom is 0.339 e. The van der Waals surface area contributed by atoms with Crippen molar-refractivity contribution in [1.29, 1.82) is 0 Å². The molecule has 0 aliphatic carbocycles. The molecule has 2 rings (SSSR count). The van der Waals surface area contributed by atoms with E-state index in [4.69, 9.17) is 0 Å². The molecular weight excluding hydrogens is 258 g/mol. The summed E-state index contributed by atoms with van der Waals surface area (Å²) < 4.78 is 4.68. The Balaban J connectivity index is 1.84. The van der Waals surface area contributed by atoms with E-state index < -0.39 is 0 Å². The van der Waals surface area contributed by atoms with E-state index in [0.717, 1.165) is 31.0 Å². The molecule has 0 aromatic carbocycles. The van der Waals surface area contributed by atoms with Gasteiger partial charge in [0.15, 0.2) is 0 Å². The Hall–Kier alpha value is -2.44. The summed E-state index contributed by atoms with van der Waals surface area (Å²) in [5, 5.41) is 9.81. The number of carbonyl (C=O) groups is 1. The second-order valence-corrected chi connectivity index (χ2v) is 4.28. The van der Waals surface area contributed by atoms with Gasteiger partial charge in [-0.3, -0.25) is 5.10 Å². The molecular formula is C13H17N5O2. The summed E-state index contributed by atoms with van der Waals surface area (Å²) in [6, 6.07) is 3.49. The minimum atomic E-state index is -0.369. The molecule has 20 heavy (non-hydrogen) atoms. The molecule has 0 fully saturated rings. The van der Waals surface area contributed by atoms with Crippen LogP contribution >= 0.6 is 0 Å². The number of carbonyl (C=O) groups excluding carboxylic acids is 1. The van der Waals surface area contributed by atoms with Crippen LogP contribution in [0, 0.1) is 6.92 Å². The predicted octanol–water partition coefficient (Wildman–Crippen LogP) is 1.34. The van der Waals surface area contributed by atoms with Crippen LogP contribution in [-0.4, -0.2) is 39.8 Å². The molecule has 0 unspecified atom stereocenters. The van der Waals surface area contributed by atoms with Crippen molar-refractivity contribution in [2.24, 2.45) is 0 Å². The number of hydrogen-bond donors (Lipinski definition) is 2. The summed E-state index contributed by atoms with van der Waals surface area (Å²) in [6.45, 7) is 2.55. The van der Waals surface area contributed by atoms with E-state index >= 15 is 0 Å². The highest BCUT2D eigenvalue weighted by atomic mass is 16.5. The average Bonchev–Trinajstić information content (AvgIpc) is 2.96. The van der Waals surface area contributed by atoms with Gasteiger partial charge in [0, 0.05) is 13.0 Å². The first-order valence-corrected chi connectivity index (χ1v) is 6.35. The van der Waals surface area contributed by atoms with Crippen molar-refractivity contribution in [2.75, 3.05) is 19.0 Å². The first kappa shape index (κ1) is 14.0. The highest BCUT2D eigenvalue weighted by Gasteiger charge is 2.10. The molecule has 2 aromatic rings. The van der Waals surface area contributed by atoms with Gasteiger partial charge in [-0.05, 0) is 25.5 Å². The van der Waals surface area contributed by atoms with E-state index in [0.29, 0.717) is 11.3 Å². The van der Waals surface area contributed by atoms with Gasteiger partial charge in [0.2, 0.25) is 0 Å². The number of anilines is 1. The Kier molecular flexibility index (Phi) is 4.65. The second kappa shape index (κ2) is 6.65. The van der Waals surface area contributed by atoms with E-state index in [1.165, 1.54) is 13.4 Å². The smallest absolute Gasteiger partial charge is 0.339 e. The van der Waals surface area contributed by atoms with Gasteiger partial charge in [-0.2, -0.15) is 5.10 Å². The van der Waals surface area contributed by atoms with Crippen LogP contribution in [0.3, 0.4) is 0 Å². The molecule has 0 amide bonds. The number of esters is 1. The summed E-state index contributed by atoms with van der Waals surface area (Å²) >= 11 is 0. The number of methoxy groups -OCH3 is 1. The van der Waals surface area contributed by atoms with Gasteiger partial charge in [0.1, 0.15) is 18.0 Å². The van der Waals surface area contributed by atoms with Crippen molar-refractivity contribution in [1.82, 2.24) is 20.2 Å². The Bertz CT molecular complexity index is 568. The van der Waals surface area contributed by atoms with E-state index in [2.05, 4.69) is 30.2 Å². The van der Waals surface area contributed by atoms with Crippen molar-refractivity contribution < 1.29 is 9.53 Å². The van der Waals surface area contributed by atoms with Crippen molar-refractivity contribution in [3.63, 3.8) is 0 Å². The lowest BCUT2D eigenvalue weighted by Gasteiger charge is -2.08. The molecule has 0 saturated heterocycles. The number of nitrogens with zero attached hydrogens (tertiary/aromatic N) is 3. The van der Waals surface area contributed by atoms with Crippen LogP contribution in [0.25, 0.3) is 0 Å². The molecule has 0 saturated carbocycles. The number of ether oxygens (including phenoxy) is 1. The number of hydrogen-bond acceptors (Lipinski definition) is 6. The number of nitrogens with one attached hydrogen (secondary N) is 2. The Morgan fingerprint density at radius 3 is 2.95 bits per heavy atom. The second-order valence-electron chi connectivity index (χ2n) is 4.28. The van der Waals surface area contributed by atoms with E-state index in [-0.39, 0.29) is 5.97 Å². The summed E-state index contributed by atoms with van der Waals surface area (Å²) in [7, 11) is 1.36. The molecule has 2 N–H and O–H groups in total. The van der Waals surface area contributed by atoms with Gasteiger partial charge in [-0.1, -0.05) is 0 Å². The van der Waals surface area contributed by atoms with Gasteiger partial charge in [0.05, 0.1) is 18.4 Å². The van der Waals surface area contributed by atoms with Crippen LogP contribution in [0.15, 0.2) is 18.5 Å². The molecule has 0 atom stereocenters. The van der Waals surface area contributed by atoms with Crippen LogP contribution < -0.4 is 5.32 Å². The quantitative estimate of drug-likeness (QED) is 0.610. The highest BCUT2D eigenvalue weighted by Crippen LogP contribution is 2.11. The van der Waals surface area contributed by atoms with Gasteiger partial charge in [0.25, 0.3) is 0 Å². The van der Waals surface area contributed by atoms with Gasteiger partial charge in [-0.15, -0.1) is 0 Å². The SMILES string of the molecule is COC(=O)c1ccc(NCCCc2ncn[nH]2)nc1C. The van der Waals surface area contributed by atoms with Crippen molar-refractivity contribution in [2.45, 2.75) is 19.8 Å². The number of H-pyrrole nitrogens is 1. The monoisotopic (exact) mass is 275 g/mol. The van der Waals surface area contributed by atoms with Gasteiger partial charge >= 0.3 is 5.97 Å². The number of aromatic nitrogens is 4. The molecule has 0 aliphatic heterocycles. The summed E-state index contributed by atoms with van der Waals surface area (Å²) in [4.78, 5) is 19.8. The van der Waals surface area contributed by atoms with E-state index in [1.54, 1.807) is 19.1 Å². The van der Waals surface area contributed by atoms with E-state index in [9.17, 15) is 4.79 Å². The zero-order chi connectivity index (χ0) is 14.4. The van der Waals surface area contributed by atoms with Gasteiger partial charge < -0.3 is 10.1 Å². The number of aromatic amines is 1. The third-order valence-electron chi connectivity index (χ3n) is 2.85. The maximum absolute atomic E-state index is 11.4. The zero-order valence-electron chi connectivity index (χ0n) is 11.5. The number of rotatable bonds is 6. The fraction of sp³-hybridized carbons (Fsp3) is 0.385. The molecule has 7 heteroatoms. The molecule has 7 nitrogen and oxygen atoms in total. The third kappa shape index (κ3) is 3.53. The highest BCUT2D eigenvalue weighted by molar-refractivity contribution is 5.90. The average molecular weight is 275 g/mol. The largest absolute Gasteiger partial charge is 0.465 e. The van der Waals surface area contributed by atoms with Crippen molar-refractivity contribution in [3.05, 3.63) is 35.5 Å². The summed E-state index contributed by atoms with van der Waals surface area (Å²) in [6.07, 6.45) is 3.24. The van der Waals surface area contributed by atoms with Crippen LogP contribution in [0.4, 0.5) is 5.82 Å². The molecule has 0 radical (unpaired) electrons. The number of pyridine rings is 1. The minimum absolute atomic E-state index is 0.369. The van der Waals surface area contributed by atoms with Crippen LogP contribution in [-0.2, 0) is 11.2 Å². The standard InChI is InChI=1S/C13H17N5O2/c1-9-10(13(19)20-2)5-6-11(17-9)14-7-3-4-12-15-8-16-18-12/h5-6,8H,3-4,7H2,1-2H3,(H,14,17)(H,15,16,18). The van der Waals surface area contributed by atoms with Crippen molar-refractivity contribution >= 4 is 11.8 Å². The van der Waals surface area contributed by atoms with Gasteiger partial charge in [-0.25, -0.2) is 14.8 Å². The topological polar surface area (TPSA) is 92.8 Å². The molecule has 0 aliphatic rings. The molecule has 2 heterocycles. The Morgan fingerprint density at radius 1 is 1.45 bits per heavy atom. The lowest BCUT2D eigenvalue weighted by molar-refractivity contribution is 0.0599. The lowest BCUT2D eigenvalue weighted by Crippen LogP contribution is -2.09. The number of aryl methyl sites for hydroxylation is 2. The fourth-order valence-electron chi connectivity index (χ4n) is 1.81. The minimum Gasteiger partial charge on any atom is -0.465 e. The molecule has 0 bridgehead atoms. The van der Waals surface area contributed by atoms with Crippen LogP contribution in [0.2, 0.25) is 0 Å². The fourth-order valence-corrected chi connectivity index (χ4v) is 1.81. The van der Waals surface area contributed by atoms with Crippen molar-refractivity contribution in [3.8, 4) is 0 Å². The van der Waals surface area contributed by atoms with E-state index in [1.807, 2.05) is 0 Å². The third-order valence-corrected chi connectivity index (χ3v) is 2.85. The first-order chi connectivity index (χ1) is 9.70. The molecule has 106 valence electrons. The van der Waals surface area contributed by atoms with Crippen LogP contribution in [0.5, 0.6) is 0 Å². The summed E-state index contributed by atoms with van der Waals surface area (Å²) in [5.41, 5.74) is 1.14. The molecule has 2 aromatic heterocycles. The maximum atomic E-state index is 11.4.